The number of halogens is 3. The highest BCUT2D eigenvalue weighted by Crippen LogP contribution is 2.29. The van der Waals surface area contributed by atoms with Gasteiger partial charge in [0.1, 0.15) is 5.82 Å². The molecule has 2 aromatic rings. The predicted molar refractivity (Wildman–Crippen MR) is 84.5 cm³/mol. The van der Waals surface area contributed by atoms with E-state index in [0.717, 1.165) is 50.3 Å². The number of alkyl halides is 3. The van der Waals surface area contributed by atoms with Crippen molar-refractivity contribution < 1.29 is 13.2 Å². The van der Waals surface area contributed by atoms with Crippen LogP contribution in [0.15, 0.2) is 30.7 Å². The Balaban J connectivity index is 1.49. The maximum Gasteiger partial charge on any atom is 0.417 e. The zero-order valence-corrected chi connectivity index (χ0v) is 13.4. The molecule has 0 saturated carbocycles. The largest absolute Gasteiger partial charge is 0.417 e. The number of aromatic nitrogens is 3. The fourth-order valence-corrected chi connectivity index (χ4v) is 2.88. The topological polar surface area (TPSA) is 46.0 Å². The molecule has 130 valence electrons. The average molecular weight is 339 g/mol. The summed E-state index contributed by atoms with van der Waals surface area (Å²) >= 11 is 0. The number of pyridine rings is 1. The Kier molecular flexibility index (Phi) is 4.75. The molecule has 2 aromatic heterocycles. The van der Waals surface area contributed by atoms with Crippen LogP contribution in [0.25, 0.3) is 0 Å². The van der Waals surface area contributed by atoms with Crippen LogP contribution in [0.2, 0.25) is 0 Å². The van der Waals surface area contributed by atoms with E-state index in [0.29, 0.717) is 11.9 Å². The number of nitrogens with zero attached hydrogens (tertiary/aromatic N) is 4. The Morgan fingerprint density at radius 1 is 1.21 bits per heavy atom. The number of hydrogen-bond acceptors (Lipinski definition) is 4. The predicted octanol–water partition coefficient (Wildman–Crippen LogP) is 2.59. The van der Waals surface area contributed by atoms with Gasteiger partial charge in [0.2, 0.25) is 0 Å². The van der Waals surface area contributed by atoms with Gasteiger partial charge in [0, 0.05) is 50.7 Å². The van der Waals surface area contributed by atoms with Gasteiger partial charge in [0.05, 0.1) is 11.8 Å². The summed E-state index contributed by atoms with van der Waals surface area (Å²) in [6.07, 6.45) is 2.26. The second-order valence-corrected chi connectivity index (χ2v) is 6.07. The summed E-state index contributed by atoms with van der Waals surface area (Å²) < 4.78 is 39.5. The molecule has 0 radical (unpaired) electrons. The van der Waals surface area contributed by atoms with Crippen molar-refractivity contribution >= 4 is 5.82 Å². The first kappa shape index (κ1) is 16.8. The highest BCUT2D eigenvalue weighted by molar-refractivity contribution is 5.40. The Bertz CT molecular complexity index is 657. The number of anilines is 1. The van der Waals surface area contributed by atoms with Crippen molar-refractivity contribution in [3.8, 4) is 0 Å². The van der Waals surface area contributed by atoms with E-state index in [1.54, 1.807) is 4.68 Å². The molecule has 0 amide bonds. The van der Waals surface area contributed by atoms with Gasteiger partial charge in [-0.15, -0.1) is 0 Å². The van der Waals surface area contributed by atoms with Crippen LogP contribution in [0.3, 0.4) is 0 Å². The van der Waals surface area contributed by atoms with Crippen molar-refractivity contribution in [2.24, 2.45) is 7.05 Å². The van der Waals surface area contributed by atoms with Gasteiger partial charge in [0.25, 0.3) is 0 Å². The third-order valence-corrected chi connectivity index (χ3v) is 4.25. The molecule has 0 aromatic carbocycles. The Labute approximate surface area is 138 Å². The lowest BCUT2D eigenvalue weighted by atomic mass is 10.0. The van der Waals surface area contributed by atoms with Crippen molar-refractivity contribution in [2.45, 2.75) is 31.6 Å². The van der Waals surface area contributed by atoms with E-state index >= 15 is 0 Å². The van der Waals surface area contributed by atoms with E-state index in [4.69, 9.17) is 0 Å². The molecule has 0 aliphatic carbocycles. The Morgan fingerprint density at radius 2 is 1.96 bits per heavy atom. The number of nitrogens with one attached hydrogen (secondary N) is 1. The van der Waals surface area contributed by atoms with E-state index in [9.17, 15) is 13.2 Å². The van der Waals surface area contributed by atoms with Crippen molar-refractivity contribution in [1.29, 1.82) is 0 Å². The molecule has 0 unspecified atom stereocenters. The van der Waals surface area contributed by atoms with E-state index in [1.807, 2.05) is 24.3 Å². The van der Waals surface area contributed by atoms with Crippen LogP contribution in [-0.2, 0) is 19.8 Å². The molecule has 1 aliphatic rings. The van der Waals surface area contributed by atoms with Gasteiger partial charge in [-0.3, -0.25) is 4.68 Å². The van der Waals surface area contributed by atoms with E-state index < -0.39 is 11.7 Å². The van der Waals surface area contributed by atoms with Crippen LogP contribution in [0.1, 0.15) is 24.0 Å². The van der Waals surface area contributed by atoms with Crippen LogP contribution in [0.5, 0.6) is 0 Å². The minimum atomic E-state index is -4.34. The van der Waals surface area contributed by atoms with Crippen LogP contribution < -0.4 is 10.2 Å². The van der Waals surface area contributed by atoms with E-state index in [1.165, 1.54) is 6.07 Å². The molecule has 1 N–H and O–H groups in total. The monoisotopic (exact) mass is 339 g/mol. The molecule has 0 spiro atoms. The zero-order valence-electron chi connectivity index (χ0n) is 13.4. The number of rotatable bonds is 4. The second-order valence-electron chi connectivity index (χ2n) is 6.07. The van der Waals surface area contributed by atoms with Gasteiger partial charge < -0.3 is 10.2 Å². The minimum Gasteiger partial charge on any atom is -0.357 e. The molecular formula is C16H20F3N5. The summed E-state index contributed by atoms with van der Waals surface area (Å²) in [5, 5.41) is 7.64. The Morgan fingerprint density at radius 3 is 2.50 bits per heavy atom. The van der Waals surface area contributed by atoms with Gasteiger partial charge in [-0.25, -0.2) is 4.98 Å². The fourth-order valence-electron chi connectivity index (χ4n) is 2.88. The summed E-state index contributed by atoms with van der Waals surface area (Å²) in [4.78, 5) is 5.99. The highest BCUT2D eigenvalue weighted by atomic mass is 19.4. The molecule has 1 saturated heterocycles. The summed E-state index contributed by atoms with van der Waals surface area (Å²) in [7, 11) is 1.89. The van der Waals surface area contributed by atoms with Crippen LogP contribution in [0.4, 0.5) is 19.0 Å². The standard InChI is InChI=1S/C16H20F3N5/c1-23-11-12(9-22-23)8-20-14-4-6-24(7-5-14)15-3-2-13(10-21-15)16(17,18)19/h2-3,9-11,14,20H,4-8H2,1H3. The first-order valence-electron chi connectivity index (χ1n) is 7.91. The first-order valence-corrected chi connectivity index (χ1v) is 7.91. The summed E-state index contributed by atoms with van der Waals surface area (Å²) in [5.74, 6) is 0.605. The van der Waals surface area contributed by atoms with Crippen LogP contribution in [0, 0.1) is 0 Å². The van der Waals surface area contributed by atoms with Crippen molar-refractivity contribution in [3.05, 3.63) is 41.9 Å². The molecule has 3 rings (SSSR count). The normalized spacial score (nSPS) is 16.6. The maximum atomic E-state index is 12.6. The van der Waals surface area contributed by atoms with E-state index in [-0.39, 0.29) is 0 Å². The lowest BCUT2D eigenvalue weighted by Crippen LogP contribution is -2.42. The number of piperidine rings is 1. The molecule has 1 aliphatic heterocycles. The summed E-state index contributed by atoms with van der Waals surface area (Å²) in [5.41, 5.74) is 0.434. The molecule has 3 heterocycles. The summed E-state index contributed by atoms with van der Waals surface area (Å²) in [6.45, 7) is 2.34. The zero-order chi connectivity index (χ0) is 17.2. The molecule has 0 bridgehead atoms. The molecule has 24 heavy (non-hydrogen) atoms. The number of aryl methyl sites for hydroxylation is 1. The van der Waals surface area contributed by atoms with Crippen LogP contribution in [-0.4, -0.2) is 33.9 Å². The van der Waals surface area contributed by atoms with Gasteiger partial charge in [-0.1, -0.05) is 0 Å². The third kappa shape index (κ3) is 4.05. The number of hydrogen-bond donors (Lipinski definition) is 1. The lowest BCUT2D eigenvalue weighted by molar-refractivity contribution is -0.137. The molecule has 5 nitrogen and oxygen atoms in total. The summed E-state index contributed by atoms with van der Waals surface area (Å²) in [6, 6.07) is 2.94. The molecule has 1 fully saturated rings. The molecular weight excluding hydrogens is 319 g/mol. The van der Waals surface area contributed by atoms with Gasteiger partial charge in [0.15, 0.2) is 0 Å². The maximum absolute atomic E-state index is 12.6. The smallest absolute Gasteiger partial charge is 0.357 e. The van der Waals surface area contributed by atoms with Crippen LogP contribution >= 0.6 is 0 Å². The van der Waals surface area contributed by atoms with Gasteiger partial charge in [-0.05, 0) is 25.0 Å². The third-order valence-electron chi connectivity index (χ3n) is 4.25. The van der Waals surface area contributed by atoms with Crippen molar-refractivity contribution in [1.82, 2.24) is 20.1 Å². The van der Waals surface area contributed by atoms with Crippen molar-refractivity contribution in [2.75, 3.05) is 18.0 Å². The van der Waals surface area contributed by atoms with Gasteiger partial charge in [-0.2, -0.15) is 18.3 Å². The SMILES string of the molecule is Cn1cc(CNC2CCN(c3ccc(C(F)(F)F)cn3)CC2)cn1. The lowest BCUT2D eigenvalue weighted by Gasteiger charge is -2.33. The molecule has 8 heteroatoms. The highest BCUT2D eigenvalue weighted by Gasteiger charge is 2.31. The molecule has 0 atom stereocenters. The average Bonchev–Trinajstić information content (AvgIpc) is 2.98. The second kappa shape index (κ2) is 6.80. The first-order chi connectivity index (χ1) is 11.4. The van der Waals surface area contributed by atoms with E-state index in [2.05, 4.69) is 15.4 Å². The Hall–Kier alpha value is -2.09. The van der Waals surface area contributed by atoms with Gasteiger partial charge >= 0.3 is 6.18 Å². The minimum absolute atomic E-state index is 0.399. The van der Waals surface area contributed by atoms with Crippen molar-refractivity contribution in [3.63, 3.8) is 0 Å². The quantitative estimate of drug-likeness (QED) is 0.930. The fraction of sp³-hybridized carbons (Fsp3) is 0.500.